The molecule has 1 heterocycles. The fourth-order valence-electron chi connectivity index (χ4n) is 2.18. The maximum atomic E-state index is 12.7. The van der Waals surface area contributed by atoms with Crippen LogP contribution in [0.25, 0.3) is 0 Å². The third-order valence-electron chi connectivity index (χ3n) is 3.62. The number of methoxy groups -OCH3 is 1. The fourth-order valence-corrected chi connectivity index (χ4v) is 2.95. The van der Waals surface area contributed by atoms with Crippen LogP contribution in [0, 0.1) is 0 Å². The number of benzene rings is 1. The molecule has 0 fully saturated rings. The Bertz CT molecular complexity index is 761. The van der Waals surface area contributed by atoms with E-state index in [-0.39, 0.29) is 17.8 Å². The van der Waals surface area contributed by atoms with Crippen molar-refractivity contribution < 1.29 is 19.2 Å². The summed E-state index contributed by atoms with van der Waals surface area (Å²) in [4.78, 5) is 35.3. The highest BCUT2D eigenvalue weighted by Crippen LogP contribution is 2.18. The topological polar surface area (TPSA) is 92.8 Å². The minimum absolute atomic E-state index is 0.0483. The zero-order valence-corrected chi connectivity index (χ0v) is 16.6. The van der Waals surface area contributed by atoms with E-state index in [0.717, 1.165) is 0 Å². The molecule has 2 aromatic rings. The van der Waals surface area contributed by atoms with Crippen molar-refractivity contribution in [2.75, 3.05) is 19.0 Å². The Morgan fingerprint density at radius 1 is 1.26 bits per heavy atom. The molecule has 3 amide bonds. The first kappa shape index (κ1) is 20.7. The van der Waals surface area contributed by atoms with Crippen molar-refractivity contribution in [1.29, 1.82) is 0 Å². The first-order chi connectivity index (χ1) is 12.9. The lowest BCUT2D eigenvalue weighted by Gasteiger charge is -2.26. The van der Waals surface area contributed by atoms with Crippen molar-refractivity contribution in [2.24, 2.45) is 0 Å². The van der Waals surface area contributed by atoms with Crippen LogP contribution in [-0.2, 0) is 11.4 Å². The zero-order chi connectivity index (χ0) is 19.8. The van der Waals surface area contributed by atoms with Crippen LogP contribution in [0.3, 0.4) is 0 Å². The number of amides is 3. The number of hydroxylamine groups is 1. The molecule has 2 rings (SSSR count). The average Bonchev–Trinajstić information content (AvgIpc) is 3.13. The Morgan fingerprint density at radius 3 is 2.56 bits per heavy atom. The molecule has 1 aromatic heterocycles. The van der Waals surface area contributed by atoms with E-state index in [4.69, 9.17) is 9.57 Å². The van der Waals surface area contributed by atoms with E-state index in [0.29, 0.717) is 29.6 Å². The number of rotatable bonds is 8. The molecule has 0 aliphatic carbocycles. The largest absolute Gasteiger partial charge is 0.497 e. The number of aromatic nitrogens is 1. The molecule has 9 heteroatoms. The highest BCUT2D eigenvalue weighted by molar-refractivity contribution is 7.09. The van der Waals surface area contributed by atoms with Gasteiger partial charge in [0.2, 0.25) is 0 Å². The van der Waals surface area contributed by atoms with Crippen LogP contribution in [0.1, 0.15) is 36.3 Å². The summed E-state index contributed by atoms with van der Waals surface area (Å²) < 4.78 is 5.11. The number of hydrogen-bond acceptors (Lipinski definition) is 6. The minimum atomic E-state index is -0.405. The smallest absolute Gasteiger partial charge is 0.322 e. The predicted molar refractivity (Wildman–Crippen MR) is 104 cm³/mol. The molecule has 0 aliphatic heterocycles. The van der Waals surface area contributed by atoms with E-state index in [1.54, 1.807) is 48.6 Å². The lowest BCUT2D eigenvalue weighted by atomic mass is 10.3. The standard InChI is InChI=1S/C18H24N4O4S/c1-5-26-21-17(23)15-11-27-16(20-15)10-22(12(2)3)18(24)19-13-6-8-14(25-4)9-7-13/h6-9,11-12H,5,10H2,1-4H3,(H,19,24)(H,21,23). The van der Waals surface area contributed by atoms with Crippen LogP contribution >= 0.6 is 11.3 Å². The Morgan fingerprint density at radius 2 is 1.96 bits per heavy atom. The van der Waals surface area contributed by atoms with Crippen molar-refractivity contribution in [3.05, 3.63) is 40.3 Å². The maximum Gasteiger partial charge on any atom is 0.322 e. The number of hydrogen-bond donors (Lipinski definition) is 2. The third-order valence-corrected chi connectivity index (χ3v) is 4.46. The predicted octanol–water partition coefficient (Wildman–Crippen LogP) is 3.28. The van der Waals surface area contributed by atoms with Gasteiger partial charge in [0, 0.05) is 17.1 Å². The molecule has 0 radical (unpaired) electrons. The van der Waals surface area contributed by atoms with Gasteiger partial charge in [0.05, 0.1) is 20.3 Å². The third kappa shape index (κ3) is 5.93. The SMILES string of the molecule is CCONC(=O)c1csc(CN(C(=O)Nc2ccc(OC)cc2)C(C)C)n1. The van der Waals surface area contributed by atoms with Crippen LogP contribution in [0.5, 0.6) is 5.75 Å². The number of thiazole rings is 1. The van der Waals surface area contributed by atoms with Gasteiger partial charge in [0.15, 0.2) is 0 Å². The molecule has 2 N–H and O–H groups in total. The molecule has 8 nitrogen and oxygen atoms in total. The summed E-state index contributed by atoms with van der Waals surface area (Å²) in [5.74, 6) is 0.312. The highest BCUT2D eigenvalue weighted by atomic mass is 32.1. The van der Waals surface area contributed by atoms with Crippen LogP contribution in [0.4, 0.5) is 10.5 Å². The molecule has 0 bridgehead atoms. The van der Waals surface area contributed by atoms with Crippen molar-refractivity contribution in [3.63, 3.8) is 0 Å². The van der Waals surface area contributed by atoms with Crippen LogP contribution in [-0.4, -0.2) is 41.6 Å². The van der Waals surface area contributed by atoms with E-state index in [1.165, 1.54) is 11.3 Å². The number of nitrogens with zero attached hydrogens (tertiary/aromatic N) is 2. The highest BCUT2D eigenvalue weighted by Gasteiger charge is 2.20. The Kier molecular flexibility index (Phi) is 7.56. The molecular weight excluding hydrogens is 368 g/mol. The van der Waals surface area contributed by atoms with E-state index >= 15 is 0 Å². The Balaban J connectivity index is 2.03. The van der Waals surface area contributed by atoms with Crippen LogP contribution in [0.2, 0.25) is 0 Å². The van der Waals surface area contributed by atoms with Crippen LogP contribution < -0.4 is 15.5 Å². The summed E-state index contributed by atoms with van der Waals surface area (Å²) >= 11 is 1.32. The van der Waals surface area contributed by atoms with Crippen molar-refractivity contribution in [1.82, 2.24) is 15.4 Å². The van der Waals surface area contributed by atoms with Gasteiger partial charge in [0.1, 0.15) is 16.5 Å². The van der Waals surface area contributed by atoms with Gasteiger partial charge in [-0.1, -0.05) is 0 Å². The first-order valence-corrected chi connectivity index (χ1v) is 9.40. The lowest BCUT2D eigenvalue weighted by molar-refractivity contribution is 0.0360. The molecule has 146 valence electrons. The van der Waals surface area contributed by atoms with Gasteiger partial charge < -0.3 is 15.0 Å². The molecule has 0 spiro atoms. The van der Waals surface area contributed by atoms with E-state index in [1.807, 2.05) is 13.8 Å². The van der Waals surface area contributed by atoms with Gasteiger partial charge in [-0.25, -0.2) is 15.3 Å². The summed E-state index contributed by atoms with van der Waals surface area (Å²) in [5, 5.41) is 5.17. The first-order valence-electron chi connectivity index (χ1n) is 8.52. The summed E-state index contributed by atoms with van der Waals surface area (Å²) in [5.41, 5.74) is 3.24. The van der Waals surface area contributed by atoms with Gasteiger partial charge >= 0.3 is 6.03 Å². The Hall–Kier alpha value is -2.65. The fraction of sp³-hybridized carbons (Fsp3) is 0.389. The summed E-state index contributed by atoms with van der Waals surface area (Å²) in [7, 11) is 1.59. The second-order valence-corrected chi connectivity index (χ2v) is 6.81. The number of carbonyl (C=O) groups is 2. The van der Waals surface area contributed by atoms with Gasteiger partial charge in [-0.15, -0.1) is 11.3 Å². The second-order valence-electron chi connectivity index (χ2n) is 5.87. The molecular formula is C18H24N4O4S. The van der Waals surface area contributed by atoms with E-state index in [2.05, 4.69) is 15.8 Å². The summed E-state index contributed by atoms with van der Waals surface area (Å²) in [6.45, 7) is 6.28. The molecule has 27 heavy (non-hydrogen) atoms. The van der Waals surface area contributed by atoms with Gasteiger partial charge in [0.25, 0.3) is 5.91 Å². The molecule has 0 saturated carbocycles. The number of nitrogens with one attached hydrogen (secondary N) is 2. The molecule has 0 atom stereocenters. The lowest BCUT2D eigenvalue weighted by Crippen LogP contribution is -2.39. The van der Waals surface area contributed by atoms with E-state index < -0.39 is 5.91 Å². The van der Waals surface area contributed by atoms with Crippen molar-refractivity contribution >= 4 is 29.0 Å². The molecule has 0 saturated heterocycles. The summed E-state index contributed by atoms with van der Waals surface area (Å²) in [6, 6.07) is 6.81. The Labute approximate surface area is 162 Å². The summed E-state index contributed by atoms with van der Waals surface area (Å²) in [6.07, 6.45) is 0. The van der Waals surface area contributed by atoms with Crippen molar-refractivity contribution in [3.8, 4) is 5.75 Å². The minimum Gasteiger partial charge on any atom is -0.497 e. The number of ether oxygens (including phenoxy) is 1. The molecule has 0 aliphatic rings. The van der Waals surface area contributed by atoms with Crippen molar-refractivity contribution in [2.45, 2.75) is 33.4 Å². The van der Waals surface area contributed by atoms with E-state index in [9.17, 15) is 9.59 Å². The van der Waals surface area contributed by atoms with Gasteiger partial charge in [-0.2, -0.15) is 0 Å². The zero-order valence-electron chi connectivity index (χ0n) is 15.8. The second kappa shape index (κ2) is 9.89. The quantitative estimate of drug-likeness (QED) is 0.673. The normalized spacial score (nSPS) is 10.6. The monoisotopic (exact) mass is 392 g/mol. The number of urea groups is 1. The molecule has 1 aromatic carbocycles. The average molecular weight is 392 g/mol. The van der Waals surface area contributed by atoms with Gasteiger partial charge in [-0.05, 0) is 45.0 Å². The number of carbonyl (C=O) groups excluding carboxylic acids is 2. The number of anilines is 1. The van der Waals surface area contributed by atoms with Gasteiger partial charge in [-0.3, -0.25) is 9.63 Å². The maximum absolute atomic E-state index is 12.7. The molecule has 0 unspecified atom stereocenters. The van der Waals surface area contributed by atoms with Crippen LogP contribution in [0.15, 0.2) is 29.6 Å².